The van der Waals surface area contributed by atoms with E-state index in [0.29, 0.717) is 4.43 Å². The number of rotatable bonds is 2. The molecule has 0 aromatic heterocycles. The average molecular weight is 214 g/mol. The Hall–Kier alpha value is 0.360. The fourth-order valence-electron chi connectivity index (χ4n) is 0.109. The molecule has 0 saturated heterocycles. The fourth-order valence-corrected chi connectivity index (χ4v) is 0.729. The standard InChI is InChI=1S/C4H7IO2/c1-3(6)4(7)2-5/h4,7H,2H2,1H3/t4-/m0/s1. The lowest BCUT2D eigenvalue weighted by Crippen LogP contribution is -2.17. The molecule has 0 rings (SSSR count). The van der Waals surface area contributed by atoms with Crippen LogP contribution in [-0.4, -0.2) is 21.4 Å². The molecule has 42 valence electrons. The van der Waals surface area contributed by atoms with E-state index in [1.165, 1.54) is 6.92 Å². The Morgan fingerprint density at radius 2 is 2.43 bits per heavy atom. The summed E-state index contributed by atoms with van der Waals surface area (Å²) < 4.78 is 0.493. The maximum absolute atomic E-state index is 10.1. The van der Waals surface area contributed by atoms with Crippen LogP contribution in [0.5, 0.6) is 0 Å². The monoisotopic (exact) mass is 214 g/mol. The second-order valence-corrected chi connectivity index (χ2v) is 2.16. The third-order valence-electron chi connectivity index (χ3n) is 0.615. The molecule has 0 aliphatic heterocycles. The van der Waals surface area contributed by atoms with Crippen LogP contribution in [0.2, 0.25) is 0 Å². The lowest BCUT2D eigenvalue weighted by molar-refractivity contribution is -0.123. The van der Waals surface area contributed by atoms with Crippen molar-refractivity contribution in [3.05, 3.63) is 0 Å². The topological polar surface area (TPSA) is 37.3 Å². The maximum atomic E-state index is 10.1. The first-order valence-corrected chi connectivity index (χ1v) is 3.45. The highest BCUT2D eigenvalue weighted by atomic mass is 127. The largest absolute Gasteiger partial charge is 0.385 e. The normalized spacial score (nSPS) is 13.6. The molecule has 0 saturated carbocycles. The van der Waals surface area contributed by atoms with Gasteiger partial charge in [0.05, 0.1) is 0 Å². The van der Waals surface area contributed by atoms with Gasteiger partial charge in [-0.05, 0) is 6.92 Å². The number of alkyl halides is 1. The lowest BCUT2D eigenvalue weighted by Gasteiger charge is -1.96. The molecule has 7 heavy (non-hydrogen) atoms. The Kier molecular flexibility index (Phi) is 3.55. The second kappa shape index (κ2) is 3.37. The highest BCUT2D eigenvalue weighted by Crippen LogP contribution is 1.90. The summed E-state index contributed by atoms with van der Waals surface area (Å²) in [7, 11) is 0. The Bertz CT molecular complexity index is 72.1. The minimum Gasteiger partial charge on any atom is -0.385 e. The summed E-state index contributed by atoms with van der Waals surface area (Å²) in [6.45, 7) is 1.38. The van der Waals surface area contributed by atoms with Crippen molar-refractivity contribution in [3.8, 4) is 0 Å². The molecular weight excluding hydrogens is 207 g/mol. The van der Waals surface area contributed by atoms with Crippen LogP contribution >= 0.6 is 22.6 Å². The van der Waals surface area contributed by atoms with E-state index in [1.807, 2.05) is 22.6 Å². The first kappa shape index (κ1) is 7.36. The SMILES string of the molecule is CC(=O)[C@@H](O)CI. The Morgan fingerprint density at radius 3 is 2.43 bits per heavy atom. The summed E-state index contributed by atoms with van der Waals surface area (Å²) >= 11 is 1.96. The van der Waals surface area contributed by atoms with Crippen molar-refractivity contribution in [1.29, 1.82) is 0 Å². The zero-order valence-corrected chi connectivity index (χ0v) is 6.18. The van der Waals surface area contributed by atoms with Gasteiger partial charge in [0.1, 0.15) is 6.10 Å². The third-order valence-corrected chi connectivity index (χ3v) is 1.45. The quantitative estimate of drug-likeness (QED) is 0.532. The van der Waals surface area contributed by atoms with E-state index >= 15 is 0 Å². The van der Waals surface area contributed by atoms with Crippen molar-refractivity contribution < 1.29 is 9.90 Å². The molecule has 0 radical (unpaired) electrons. The molecule has 0 aliphatic rings. The zero-order chi connectivity index (χ0) is 5.86. The molecule has 0 aliphatic carbocycles. The van der Waals surface area contributed by atoms with E-state index in [0.717, 1.165) is 0 Å². The smallest absolute Gasteiger partial charge is 0.158 e. The van der Waals surface area contributed by atoms with Crippen LogP contribution < -0.4 is 0 Å². The predicted octanol–water partition coefficient (Wildman–Crippen LogP) is 0.371. The second-order valence-electron chi connectivity index (χ2n) is 1.28. The van der Waals surface area contributed by atoms with Gasteiger partial charge in [0.15, 0.2) is 5.78 Å². The number of aliphatic hydroxyl groups excluding tert-OH is 1. The molecule has 0 unspecified atom stereocenters. The van der Waals surface area contributed by atoms with Crippen molar-refractivity contribution in [1.82, 2.24) is 0 Å². The van der Waals surface area contributed by atoms with Crippen LogP contribution in [0.15, 0.2) is 0 Å². The Labute approximate surface area is 56.1 Å². The van der Waals surface area contributed by atoms with Crippen molar-refractivity contribution >= 4 is 28.4 Å². The lowest BCUT2D eigenvalue weighted by atomic mass is 10.3. The van der Waals surface area contributed by atoms with Crippen molar-refractivity contribution in [2.45, 2.75) is 13.0 Å². The molecule has 0 aromatic rings. The molecule has 0 amide bonds. The van der Waals surface area contributed by atoms with Gasteiger partial charge < -0.3 is 5.11 Å². The number of hydrogen-bond acceptors (Lipinski definition) is 2. The van der Waals surface area contributed by atoms with Gasteiger partial charge >= 0.3 is 0 Å². The number of halogens is 1. The maximum Gasteiger partial charge on any atom is 0.158 e. The van der Waals surface area contributed by atoms with Crippen molar-refractivity contribution in [2.24, 2.45) is 0 Å². The third kappa shape index (κ3) is 2.99. The fraction of sp³-hybridized carbons (Fsp3) is 0.750. The van der Waals surface area contributed by atoms with E-state index in [9.17, 15) is 4.79 Å². The number of carbonyl (C=O) groups is 1. The average Bonchev–Trinajstić information content (AvgIpc) is 1.65. The van der Waals surface area contributed by atoms with Gasteiger partial charge in [0.25, 0.3) is 0 Å². The summed E-state index contributed by atoms with van der Waals surface area (Å²) in [5.74, 6) is -0.158. The predicted molar refractivity (Wildman–Crippen MR) is 35.6 cm³/mol. The molecule has 3 heteroatoms. The molecule has 0 spiro atoms. The van der Waals surface area contributed by atoms with Crippen LogP contribution in [0.25, 0.3) is 0 Å². The van der Waals surface area contributed by atoms with E-state index in [-0.39, 0.29) is 5.78 Å². The molecule has 1 N–H and O–H groups in total. The van der Waals surface area contributed by atoms with E-state index in [4.69, 9.17) is 5.11 Å². The van der Waals surface area contributed by atoms with E-state index < -0.39 is 6.10 Å². The zero-order valence-electron chi connectivity index (χ0n) is 4.02. The van der Waals surface area contributed by atoms with Gasteiger partial charge in [-0.15, -0.1) is 0 Å². The highest BCUT2D eigenvalue weighted by molar-refractivity contribution is 14.1. The number of hydrogen-bond donors (Lipinski definition) is 1. The van der Waals surface area contributed by atoms with Crippen molar-refractivity contribution in [3.63, 3.8) is 0 Å². The number of Topliss-reactive ketones (excluding diaryl/α,β-unsaturated/α-hetero) is 1. The highest BCUT2D eigenvalue weighted by Gasteiger charge is 2.04. The van der Waals surface area contributed by atoms with Crippen LogP contribution in [0.4, 0.5) is 0 Å². The molecule has 1 atom stereocenters. The van der Waals surface area contributed by atoms with Crippen LogP contribution in [-0.2, 0) is 4.79 Å². The van der Waals surface area contributed by atoms with Gasteiger partial charge in [-0.25, -0.2) is 0 Å². The van der Waals surface area contributed by atoms with E-state index in [2.05, 4.69) is 0 Å². The van der Waals surface area contributed by atoms with Gasteiger partial charge in [0.2, 0.25) is 0 Å². The Morgan fingerprint density at radius 1 is 2.00 bits per heavy atom. The number of carbonyl (C=O) groups excluding carboxylic acids is 1. The number of aliphatic hydroxyl groups is 1. The first-order valence-electron chi connectivity index (χ1n) is 1.93. The molecule has 0 bridgehead atoms. The summed E-state index contributed by atoms with van der Waals surface area (Å²) in [5, 5.41) is 8.58. The summed E-state index contributed by atoms with van der Waals surface area (Å²) in [4.78, 5) is 10.1. The molecular formula is C4H7IO2. The van der Waals surface area contributed by atoms with Crippen LogP contribution in [0.1, 0.15) is 6.92 Å². The summed E-state index contributed by atoms with van der Waals surface area (Å²) in [6, 6.07) is 0. The van der Waals surface area contributed by atoms with Gasteiger partial charge in [0, 0.05) is 4.43 Å². The summed E-state index contributed by atoms with van der Waals surface area (Å²) in [6.07, 6.45) is -0.749. The van der Waals surface area contributed by atoms with Crippen molar-refractivity contribution in [2.75, 3.05) is 4.43 Å². The number of ketones is 1. The van der Waals surface area contributed by atoms with Gasteiger partial charge in [-0.1, -0.05) is 22.6 Å². The van der Waals surface area contributed by atoms with Crippen LogP contribution in [0, 0.1) is 0 Å². The minimum absolute atomic E-state index is 0.158. The molecule has 0 fully saturated rings. The Balaban J connectivity index is 3.34. The van der Waals surface area contributed by atoms with E-state index in [1.54, 1.807) is 0 Å². The van der Waals surface area contributed by atoms with Gasteiger partial charge in [-0.3, -0.25) is 4.79 Å². The molecule has 0 heterocycles. The van der Waals surface area contributed by atoms with Gasteiger partial charge in [-0.2, -0.15) is 0 Å². The summed E-state index contributed by atoms with van der Waals surface area (Å²) in [5.41, 5.74) is 0. The molecule has 2 nitrogen and oxygen atoms in total. The minimum atomic E-state index is -0.749. The first-order chi connectivity index (χ1) is 3.18. The molecule has 0 aromatic carbocycles. The van der Waals surface area contributed by atoms with Crippen LogP contribution in [0.3, 0.4) is 0 Å².